The van der Waals surface area contributed by atoms with E-state index in [4.69, 9.17) is 9.15 Å². The molecule has 1 saturated heterocycles. The number of carboxylic acids is 1. The Morgan fingerprint density at radius 1 is 1.33 bits per heavy atom. The molecule has 30 heavy (non-hydrogen) atoms. The SMILES string of the molecule is C/C=C(\NC(=O)[C@@H]1[C@@H](C)CC(C)(C)N1C(=O)OC(C)(C)C)c1nc(C(=O)O)c(C)o1. The molecule has 9 heteroatoms. The molecular formula is C21H31N3O6. The topological polar surface area (TPSA) is 122 Å². The minimum atomic E-state index is -1.22. The van der Waals surface area contributed by atoms with Crippen molar-refractivity contribution in [3.63, 3.8) is 0 Å². The van der Waals surface area contributed by atoms with E-state index >= 15 is 0 Å². The number of carboxylic acid groups (broad SMARTS) is 1. The molecule has 1 fully saturated rings. The highest BCUT2D eigenvalue weighted by Gasteiger charge is 2.51. The number of oxazole rings is 1. The van der Waals surface area contributed by atoms with Gasteiger partial charge in [-0.2, -0.15) is 0 Å². The van der Waals surface area contributed by atoms with Crippen molar-refractivity contribution < 1.29 is 28.6 Å². The fourth-order valence-electron chi connectivity index (χ4n) is 3.84. The lowest BCUT2D eigenvalue weighted by molar-refractivity contribution is -0.126. The summed E-state index contributed by atoms with van der Waals surface area (Å²) in [4.78, 5) is 42.8. The van der Waals surface area contributed by atoms with Crippen LogP contribution >= 0.6 is 0 Å². The quantitative estimate of drug-likeness (QED) is 0.762. The molecule has 1 aliphatic rings. The first-order chi connectivity index (χ1) is 13.7. The summed E-state index contributed by atoms with van der Waals surface area (Å²) < 4.78 is 11.0. The summed E-state index contributed by atoms with van der Waals surface area (Å²) in [6.45, 7) is 14.2. The largest absolute Gasteiger partial charge is 0.476 e. The third kappa shape index (κ3) is 4.83. The van der Waals surface area contributed by atoms with E-state index in [1.807, 2.05) is 20.8 Å². The van der Waals surface area contributed by atoms with E-state index < -0.39 is 35.2 Å². The molecule has 0 unspecified atom stereocenters. The smallest absolute Gasteiger partial charge is 0.411 e. The third-order valence-corrected chi connectivity index (χ3v) is 4.93. The number of hydrogen-bond donors (Lipinski definition) is 2. The van der Waals surface area contributed by atoms with Crippen LogP contribution in [0.3, 0.4) is 0 Å². The maximum absolute atomic E-state index is 13.2. The molecule has 2 N–H and O–H groups in total. The molecule has 0 spiro atoms. The maximum Gasteiger partial charge on any atom is 0.411 e. The summed E-state index contributed by atoms with van der Waals surface area (Å²) in [5.74, 6) is -1.62. The first kappa shape index (κ1) is 23.4. The molecule has 0 aliphatic carbocycles. The van der Waals surface area contributed by atoms with Gasteiger partial charge < -0.3 is 19.6 Å². The number of allylic oxidation sites excluding steroid dienone is 1. The van der Waals surface area contributed by atoms with E-state index in [1.54, 1.807) is 33.8 Å². The second kappa shape index (κ2) is 8.12. The average Bonchev–Trinajstić information content (AvgIpc) is 3.07. The lowest BCUT2D eigenvalue weighted by atomic mass is 9.95. The number of carbonyl (C=O) groups excluding carboxylic acids is 2. The molecule has 2 heterocycles. The number of amides is 2. The van der Waals surface area contributed by atoms with Crippen LogP contribution in [0.1, 0.15) is 77.0 Å². The Morgan fingerprint density at radius 2 is 1.93 bits per heavy atom. The van der Waals surface area contributed by atoms with Crippen molar-refractivity contribution in [3.05, 3.63) is 23.4 Å². The Kier molecular flexibility index (Phi) is 6.34. The van der Waals surface area contributed by atoms with Gasteiger partial charge in [-0.05, 0) is 60.8 Å². The first-order valence-electron chi connectivity index (χ1n) is 9.88. The second-order valence-corrected chi connectivity index (χ2v) is 9.21. The lowest BCUT2D eigenvalue weighted by Crippen LogP contribution is -2.54. The van der Waals surface area contributed by atoms with Crippen molar-refractivity contribution >= 4 is 23.7 Å². The number of aryl methyl sites for hydroxylation is 1. The number of carbonyl (C=O) groups is 3. The van der Waals surface area contributed by atoms with Crippen LogP contribution in [0.15, 0.2) is 10.5 Å². The molecule has 0 bridgehead atoms. The Morgan fingerprint density at radius 3 is 2.40 bits per heavy atom. The van der Waals surface area contributed by atoms with Crippen LogP contribution in [-0.2, 0) is 9.53 Å². The molecule has 2 rings (SSSR count). The van der Waals surface area contributed by atoms with Gasteiger partial charge in [0.15, 0.2) is 5.69 Å². The van der Waals surface area contributed by atoms with Gasteiger partial charge in [-0.1, -0.05) is 13.0 Å². The Labute approximate surface area is 176 Å². The van der Waals surface area contributed by atoms with Gasteiger partial charge >= 0.3 is 12.1 Å². The molecular weight excluding hydrogens is 390 g/mol. The molecule has 1 aromatic rings. The normalized spacial score (nSPS) is 21.5. The maximum atomic E-state index is 13.2. The van der Waals surface area contributed by atoms with Gasteiger partial charge in [0, 0.05) is 5.54 Å². The Hall–Kier alpha value is -2.84. The minimum absolute atomic E-state index is 0.00511. The van der Waals surface area contributed by atoms with Gasteiger partial charge in [0.2, 0.25) is 11.8 Å². The summed E-state index contributed by atoms with van der Waals surface area (Å²) >= 11 is 0. The number of rotatable bonds is 4. The summed E-state index contributed by atoms with van der Waals surface area (Å²) in [6, 6.07) is -0.764. The highest BCUT2D eigenvalue weighted by molar-refractivity contribution is 5.93. The van der Waals surface area contributed by atoms with Gasteiger partial charge in [-0.25, -0.2) is 14.6 Å². The summed E-state index contributed by atoms with van der Waals surface area (Å²) in [7, 11) is 0. The Bertz CT molecular complexity index is 878. The zero-order chi connectivity index (χ0) is 23.0. The van der Waals surface area contributed by atoms with Crippen molar-refractivity contribution in [3.8, 4) is 0 Å². The first-order valence-corrected chi connectivity index (χ1v) is 9.88. The standard InChI is InChI=1S/C21H31N3O6/c1-9-13(17-23-14(18(26)27)12(3)29-17)22-16(25)15-11(2)10-21(7,8)24(15)19(28)30-20(4,5)6/h9,11,15H,10H2,1-8H3,(H,22,25)(H,26,27)/b13-9-/t11-,15-/m0/s1. The Balaban J connectivity index is 2.31. The molecule has 2 atom stereocenters. The van der Waals surface area contributed by atoms with Crippen LogP contribution in [0.2, 0.25) is 0 Å². The molecule has 1 aromatic heterocycles. The second-order valence-electron chi connectivity index (χ2n) is 9.21. The van der Waals surface area contributed by atoms with Gasteiger partial charge in [-0.15, -0.1) is 0 Å². The molecule has 0 saturated carbocycles. The van der Waals surface area contributed by atoms with Crippen molar-refractivity contribution in [2.45, 2.75) is 79.0 Å². The highest BCUT2D eigenvalue weighted by atomic mass is 16.6. The van der Waals surface area contributed by atoms with Crippen molar-refractivity contribution in [2.75, 3.05) is 0 Å². The minimum Gasteiger partial charge on any atom is -0.476 e. The van der Waals surface area contributed by atoms with Crippen LogP contribution in [0.5, 0.6) is 0 Å². The monoisotopic (exact) mass is 421 g/mol. The van der Waals surface area contributed by atoms with Crippen LogP contribution in [0, 0.1) is 12.8 Å². The average molecular weight is 421 g/mol. The molecule has 166 valence electrons. The number of likely N-dealkylation sites (tertiary alicyclic amines) is 1. The highest BCUT2D eigenvalue weighted by Crippen LogP contribution is 2.39. The van der Waals surface area contributed by atoms with Crippen LogP contribution < -0.4 is 5.32 Å². The molecule has 9 nitrogen and oxygen atoms in total. The fourth-order valence-corrected chi connectivity index (χ4v) is 3.84. The zero-order valence-corrected chi connectivity index (χ0v) is 18.8. The van der Waals surface area contributed by atoms with E-state index in [-0.39, 0.29) is 29.0 Å². The van der Waals surface area contributed by atoms with Crippen LogP contribution in [0.25, 0.3) is 5.70 Å². The fraction of sp³-hybridized carbons (Fsp3) is 0.619. The molecule has 0 aromatic carbocycles. The predicted molar refractivity (Wildman–Crippen MR) is 110 cm³/mol. The summed E-state index contributed by atoms with van der Waals surface area (Å²) in [5.41, 5.74) is -1.26. The van der Waals surface area contributed by atoms with E-state index in [1.165, 1.54) is 11.8 Å². The lowest BCUT2D eigenvalue weighted by Gasteiger charge is -2.36. The van der Waals surface area contributed by atoms with Crippen LogP contribution in [-0.4, -0.2) is 50.1 Å². The zero-order valence-electron chi connectivity index (χ0n) is 18.8. The summed E-state index contributed by atoms with van der Waals surface area (Å²) in [5, 5.41) is 11.9. The van der Waals surface area contributed by atoms with Gasteiger partial charge in [-0.3, -0.25) is 9.69 Å². The number of ether oxygens (including phenoxy) is 1. The predicted octanol–water partition coefficient (Wildman–Crippen LogP) is 3.58. The number of aromatic nitrogens is 1. The van der Waals surface area contributed by atoms with Crippen molar-refractivity contribution in [1.82, 2.24) is 15.2 Å². The summed E-state index contributed by atoms with van der Waals surface area (Å²) in [6.07, 6.45) is 1.63. The van der Waals surface area contributed by atoms with Gasteiger partial charge in [0.25, 0.3) is 0 Å². The third-order valence-electron chi connectivity index (χ3n) is 4.93. The van der Waals surface area contributed by atoms with E-state index in [0.29, 0.717) is 6.42 Å². The van der Waals surface area contributed by atoms with E-state index in [0.717, 1.165) is 0 Å². The van der Waals surface area contributed by atoms with E-state index in [2.05, 4.69) is 10.3 Å². The number of nitrogens with zero attached hydrogens (tertiary/aromatic N) is 2. The number of nitrogens with one attached hydrogen (secondary N) is 1. The van der Waals surface area contributed by atoms with E-state index in [9.17, 15) is 19.5 Å². The van der Waals surface area contributed by atoms with Gasteiger partial charge in [0.1, 0.15) is 17.4 Å². The number of aromatic carboxylic acids is 1. The number of hydrogen-bond acceptors (Lipinski definition) is 6. The van der Waals surface area contributed by atoms with Crippen LogP contribution in [0.4, 0.5) is 4.79 Å². The van der Waals surface area contributed by atoms with Crippen molar-refractivity contribution in [2.24, 2.45) is 5.92 Å². The molecule has 1 aliphatic heterocycles. The van der Waals surface area contributed by atoms with Gasteiger partial charge in [0.05, 0.1) is 5.70 Å². The van der Waals surface area contributed by atoms with Crippen molar-refractivity contribution in [1.29, 1.82) is 0 Å². The molecule has 0 radical (unpaired) electrons. The molecule has 2 amide bonds.